The Kier molecular flexibility index (Phi) is 4.65. The van der Waals surface area contributed by atoms with Crippen molar-refractivity contribution >= 4 is 11.6 Å². The average molecular weight is 283 g/mol. The van der Waals surface area contributed by atoms with Gasteiger partial charge in [0.05, 0.1) is 16.8 Å². The van der Waals surface area contributed by atoms with Gasteiger partial charge in [0.1, 0.15) is 17.3 Å². The van der Waals surface area contributed by atoms with Crippen LogP contribution in [0.1, 0.15) is 35.6 Å². The Morgan fingerprint density at radius 3 is 2.10 bits per heavy atom. The second kappa shape index (κ2) is 6.65. The van der Waals surface area contributed by atoms with Crippen molar-refractivity contribution in [2.24, 2.45) is 0 Å². The maximum atomic E-state index is 8.71. The van der Waals surface area contributed by atoms with Crippen LogP contribution in [0, 0.1) is 22.7 Å². The summed E-state index contributed by atoms with van der Waals surface area (Å²) < 4.78 is 0. The van der Waals surface area contributed by atoms with Crippen LogP contribution in [0.25, 0.3) is 0 Å². The first-order valence-corrected chi connectivity index (χ1v) is 6.49. The molecule has 0 spiro atoms. The SMILES string of the molecule is N#Cc1cccnc1C1CC1.N#Cc1cccnc1Cl. The van der Waals surface area contributed by atoms with Crippen molar-refractivity contribution in [3.8, 4) is 12.1 Å². The van der Waals surface area contributed by atoms with Crippen LogP contribution in [-0.4, -0.2) is 9.97 Å². The summed E-state index contributed by atoms with van der Waals surface area (Å²) in [6.07, 6.45) is 5.70. The number of pyridine rings is 2. The molecule has 2 aromatic heterocycles. The zero-order valence-corrected chi connectivity index (χ0v) is 11.4. The first kappa shape index (κ1) is 14.0. The Morgan fingerprint density at radius 1 is 1.00 bits per heavy atom. The molecule has 0 radical (unpaired) electrons. The number of rotatable bonds is 1. The molecule has 0 bridgehead atoms. The Labute approximate surface area is 122 Å². The van der Waals surface area contributed by atoms with Gasteiger partial charge in [-0.05, 0) is 37.1 Å². The smallest absolute Gasteiger partial charge is 0.146 e. The van der Waals surface area contributed by atoms with Crippen molar-refractivity contribution in [1.82, 2.24) is 9.97 Å². The van der Waals surface area contributed by atoms with Gasteiger partial charge in [-0.2, -0.15) is 10.5 Å². The molecular weight excluding hydrogens is 272 g/mol. The summed E-state index contributed by atoms with van der Waals surface area (Å²) >= 11 is 5.49. The van der Waals surface area contributed by atoms with E-state index in [9.17, 15) is 0 Å². The third-order valence-corrected chi connectivity index (χ3v) is 3.10. The fraction of sp³-hybridized carbons (Fsp3) is 0.200. The number of hydrogen-bond donors (Lipinski definition) is 0. The van der Waals surface area contributed by atoms with Gasteiger partial charge in [-0.1, -0.05) is 11.6 Å². The molecule has 1 aliphatic rings. The minimum absolute atomic E-state index is 0.264. The molecule has 0 saturated heterocycles. The maximum absolute atomic E-state index is 8.71. The van der Waals surface area contributed by atoms with E-state index in [0.717, 1.165) is 11.3 Å². The number of nitriles is 2. The third kappa shape index (κ3) is 3.54. The molecule has 1 aliphatic carbocycles. The summed E-state index contributed by atoms with van der Waals surface area (Å²) in [5, 5.41) is 17.3. The summed E-state index contributed by atoms with van der Waals surface area (Å²) in [5.74, 6) is 0.575. The van der Waals surface area contributed by atoms with Crippen molar-refractivity contribution in [1.29, 1.82) is 10.5 Å². The lowest BCUT2D eigenvalue weighted by Crippen LogP contribution is -1.89. The number of nitrogens with zero attached hydrogens (tertiary/aromatic N) is 4. The van der Waals surface area contributed by atoms with Crippen LogP contribution in [0.3, 0.4) is 0 Å². The summed E-state index contributed by atoms with van der Waals surface area (Å²) in [5.41, 5.74) is 2.16. The van der Waals surface area contributed by atoms with Crippen LogP contribution in [0.5, 0.6) is 0 Å². The predicted molar refractivity (Wildman–Crippen MR) is 74.9 cm³/mol. The lowest BCUT2D eigenvalue weighted by Gasteiger charge is -1.96. The van der Waals surface area contributed by atoms with Crippen molar-refractivity contribution in [2.75, 3.05) is 0 Å². The highest BCUT2D eigenvalue weighted by Gasteiger charge is 2.27. The van der Waals surface area contributed by atoms with Gasteiger partial charge in [0.2, 0.25) is 0 Å². The normalized spacial score (nSPS) is 12.6. The molecule has 0 unspecified atom stereocenters. The van der Waals surface area contributed by atoms with Crippen molar-refractivity contribution in [3.05, 3.63) is 58.6 Å². The molecule has 2 heterocycles. The van der Waals surface area contributed by atoms with E-state index in [-0.39, 0.29) is 5.15 Å². The quantitative estimate of drug-likeness (QED) is 0.751. The van der Waals surface area contributed by atoms with Crippen LogP contribution in [0.15, 0.2) is 36.7 Å². The largest absolute Gasteiger partial charge is 0.260 e. The standard InChI is InChI=1S/C9H8N2.C6H3ClN2/c10-6-8-2-1-5-11-9(8)7-3-4-7;7-6-5(4-8)2-1-3-9-6/h1-2,5,7H,3-4H2;1-3H. The van der Waals surface area contributed by atoms with Crippen LogP contribution >= 0.6 is 11.6 Å². The topological polar surface area (TPSA) is 73.4 Å². The molecule has 4 nitrogen and oxygen atoms in total. The van der Waals surface area contributed by atoms with Gasteiger partial charge in [0.25, 0.3) is 0 Å². The Bertz CT molecular complexity index is 681. The summed E-state index contributed by atoms with van der Waals surface area (Å²) in [4.78, 5) is 7.88. The first-order chi connectivity index (χ1) is 9.76. The molecule has 20 heavy (non-hydrogen) atoms. The fourth-order valence-corrected chi connectivity index (χ4v) is 1.83. The Balaban J connectivity index is 0.000000151. The Morgan fingerprint density at radius 2 is 1.60 bits per heavy atom. The maximum Gasteiger partial charge on any atom is 0.146 e. The number of hydrogen-bond acceptors (Lipinski definition) is 4. The molecule has 0 aliphatic heterocycles. The molecule has 1 fully saturated rings. The zero-order valence-electron chi connectivity index (χ0n) is 10.6. The second-order valence-electron chi connectivity index (χ2n) is 4.28. The van der Waals surface area contributed by atoms with E-state index in [1.54, 1.807) is 24.5 Å². The van der Waals surface area contributed by atoms with Gasteiger partial charge < -0.3 is 0 Å². The number of aromatic nitrogens is 2. The highest BCUT2D eigenvalue weighted by atomic mass is 35.5. The predicted octanol–water partition coefficient (Wildman–Crippen LogP) is 3.44. The van der Waals surface area contributed by atoms with Crippen molar-refractivity contribution < 1.29 is 0 Å². The molecule has 0 aromatic carbocycles. The van der Waals surface area contributed by atoms with E-state index in [0.29, 0.717) is 11.5 Å². The minimum atomic E-state index is 0.264. The Hall–Kier alpha value is -2.43. The van der Waals surface area contributed by atoms with E-state index in [1.165, 1.54) is 12.8 Å². The molecule has 2 aromatic rings. The van der Waals surface area contributed by atoms with E-state index >= 15 is 0 Å². The average Bonchev–Trinajstić information content (AvgIpc) is 3.33. The third-order valence-electron chi connectivity index (χ3n) is 2.80. The van der Waals surface area contributed by atoms with Crippen LogP contribution < -0.4 is 0 Å². The van der Waals surface area contributed by atoms with Gasteiger partial charge in [-0.25, -0.2) is 4.98 Å². The van der Waals surface area contributed by atoms with Crippen molar-refractivity contribution in [2.45, 2.75) is 18.8 Å². The monoisotopic (exact) mass is 282 g/mol. The highest BCUT2D eigenvalue weighted by Crippen LogP contribution is 2.40. The molecular formula is C15H11ClN4. The van der Waals surface area contributed by atoms with Crippen molar-refractivity contribution in [3.63, 3.8) is 0 Å². The summed E-state index contributed by atoms with van der Waals surface area (Å²) in [7, 11) is 0. The first-order valence-electron chi connectivity index (χ1n) is 6.12. The molecule has 0 atom stereocenters. The van der Waals surface area contributed by atoms with Gasteiger partial charge >= 0.3 is 0 Å². The van der Waals surface area contributed by atoms with E-state index in [1.807, 2.05) is 18.2 Å². The highest BCUT2D eigenvalue weighted by molar-refractivity contribution is 6.30. The minimum Gasteiger partial charge on any atom is -0.260 e. The van der Waals surface area contributed by atoms with E-state index in [4.69, 9.17) is 22.1 Å². The lowest BCUT2D eigenvalue weighted by atomic mass is 10.1. The van der Waals surface area contributed by atoms with Crippen LogP contribution in [-0.2, 0) is 0 Å². The molecule has 0 N–H and O–H groups in total. The van der Waals surface area contributed by atoms with Crippen LogP contribution in [0.2, 0.25) is 5.15 Å². The summed E-state index contributed by atoms with van der Waals surface area (Å²) in [6.45, 7) is 0. The molecule has 98 valence electrons. The van der Waals surface area contributed by atoms with Gasteiger partial charge in [0.15, 0.2) is 0 Å². The van der Waals surface area contributed by atoms with E-state index < -0.39 is 0 Å². The molecule has 0 amide bonds. The van der Waals surface area contributed by atoms with Crippen LogP contribution in [0.4, 0.5) is 0 Å². The van der Waals surface area contributed by atoms with Gasteiger partial charge in [-0.15, -0.1) is 0 Å². The van der Waals surface area contributed by atoms with E-state index in [2.05, 4.69) is 16.0 Å². The number of halogens is 1. The molecule has 5 heteroatoms. The second-order valence-corrected chi connectivity index (χ2v) is 4.63. The summed E-state index contributed by atoms with van der Waals surface area (Å²) in [6, 6.07) is 11.0. The zero-order chi connectivity index (χ0) is 14.4. The molecule has 3 rings (SSSR count). The lowest BCUT2D eigenvalue weighted by molar-refractivity contribution is 1.01. The molecule has 1 saturated carbocycles. The van der Waals surface area contributed by atoms with Gasteiger partial charge in [0, 0.05) is 18.3 Å². The van der Waals surface area contributed by atoms with Gasteiger partial charge in [-0.3, -0.25) is 4.98 Å². The fourth-order valence-electron chi connectivity index (χ4n) is 1.66.